The van der Waals surface area contributed by atoms with Gasteiger partial charge in [0.1, 0.15) is 0 Å². The number of hydrogen-bond donors (Lipinski definition) is 1. The van der Waals surface area contributed by atoms with E-state index in [1.165, 1.54) is 0 Å². The van der Waals surface area contributed by atoms with Gasteiger partial charge in [0.25, 0.3) is 0 Å². The first-order valence-corrected chi connectivity index (χ1v) is 7.70. The van der Waals surface area contributed by atoms with Crippen molar-refractivity contribution < 1.29 is 4.79 Å². The predicted octanol–water partition coefficient (Wildman–Crippen LogP) is 3.74. The molecule has 0 saturated carbocycles. The third kappa shape index (κ3) is 2.84. The minimum absolute atomic E-state index is 0.0740. The Balaban J connectivity index is 1.87. The maximum absolute atomic E-state index is 12.4. The van der Waals surface area contributed by atoms with Gasteiger partial charge in [-0.25, -0.2) is 4.98 Å². The Bertz CT molecular complexity index is 672. The Morgan fingerprint density at radius 3 is 3.00 bits per heavy atom. The Morgan fingerprint density at radius 2 is 2.24 bits per heavy atom. The largest absolute Gasteiger partial charge is 0.310 e. The SMILES string of the molecule is CCCn1c(NC(=O)[C@H]2CC=CCC2)nc2ccccc21. The molecule has 1 aromatic heterocycles. The lowest BCUT2D eigenvalue weighted by Gasteiger charge is -2.17. The fourth-order valence-corrected chi connectivity index (χ4v) is 2.86. The highest BCUT2D eigenvalue weighted by atomic mass is 16.2. The number of nitrogens with one attached hydrogen (secondary N) is 1. The second-order valence-electron chi connectivity index (χ2n) is 5.55. The van der Waals surface area contributed by atoms with Crippen LogP contribution in [0.4, 0.5) is 5.95 Å². The van der Waals surface area contributed by atoms with Crippen LogP contribution in [0.3, 0.4) is 0 Å². The zero-order valence-electron chi connectivity index (χ0n) is 12.4. The first-order chi connectivity index (χ1) is 10.3. The summed E-state index contributed by atoms with van der Waals surface area (Å²) in [5.74, 6) is 0.842. The maximum Gasteiger partial charge on any atom is 0.230 e. The molecule has 1 amide bonds. The van der Waals surface area contributed by atoms with Crippen LogP contribution in [-0.4, -0.2) is 15.5 Å². The van der Waals surface area contributed by atoms with Gasteiger partial charge in [-0.2, -0.15) is 0 Å². The Hall–Kier alpha value is -2.10. The monoisotopic (exact) mass is 283 g/mol. The summed E-state index contributed by atoms with van der Waals surface area (Å²) in [4.78, 5) is 17.0. The molecule has 1 aromatic carbocycles. The van der Waals surface area contributed by atoms with E-state index < -0.39 is 0 Å². The fourth-order valence-electron chi connectivity index (χ4n) is 2.86. The van der Waals surface area contributed by atoms with Crippen molar-refractivity contribution >= 4 is 22.9 Å². The molecule has 0 aliphatic heterocycles. The molecule has 110 valence electrons. The van der Waals surface area contributed by atoms with E-state index in [1.807, 2.05) is 18.2 Å². The third-order valence-corrected chi connectivity index (χ3v) is 3.98. The molecule has 3 rings (SSSR count). The Morgan fingerprint density at radius 1 is 1.38 bits per heavy atom. The van der Waals surface area contributed by atoms with Gasteiger partial charge in [-0.05, 0) is 37.8 Å². The van der Waals surface area contributed by atoms with Gasteiger partial charge in [-0.1, -0.05) is 31.2 Å². The third-order valence-electron chi connectivity index (χ3n) is 3.98. The van der Waals surface area contributed by atoms with E-state index in [0.717, 1.165) is 43.3 Å². The van der Waals surface area contributed by atoms with Gasteiger partial charge in [-0.15, -0.1) is 0 Å². The quantitative estimate of drug-likeness (QED) is 0.869. The number of nitrogens with zero attached hydrogens (tertiary/aromatic N) is 2. The molecule has 0 saturated heterocycles. The van der Waals surface area contributed by atoms with Gasteiger partial charge < -0.3 is 4.57 Å². The average molecular weight is 283 g/mol. The molecule has 1 heterocycles. The van der Waals surface area contributed by atoms with Crippen LogP contribution in [0.25, 0.3) is 11.0 Å². The van der Waals surface area contributed by atoms with E-state index in [-0.39, 0.29) is 11.8 Å². The molecule has 0 spiro atoms. The van der Waals surface area contributed by atoms with Crippen LogP contribution in [0.2, 0.25) is 0 Å². The minimum atomic E-state index is 0.0740. The summed E-state index contributed by atoms with van der Waals surface area (Å²) in [5, 5.41) is 3.03. The van der Waals surface area contributed by atoms with Crippen LogP contribution in [0, 0.1) is 5.92 Å². The number of imidazole rings is 1. The summed E-state index contributed by atoms with van der Waals surface area (Å²) in [5.41, 5.74) is 2.02. The van der Waals surface area contributed by atoms with Gasteiger partial charge in [0.2, 0.25) is 11.9 Å². The summed E-state index contributed by atoms with van der Waals surface area (Å²) >= 11 is 0. The summed E-state index contributed by atoms with van der Waals surface area (Å²) in [6, 6.07) is 8.02. The highest BCUT2D eigenvalue weighted by molar-refractivity contribution is 5.93. The number of para-hydroxylation sites is 2. The number of aromatic nitrogens is 2. The number of fused-ring (bicyclic) bond motifs is 1. The van der Waals surface area contributed by atoms with Crippen LogP contribution in [0.5, 0.6) is 0 Å². The van der Waals surface area contributed by atoms with E-state index in [4.69, 9.17) is 0 Å². The molecule has 1 aliphatic carbocycles. The normalized spacial score (nSPS) is 18.0. The minimum Gasteiger partial charge on any atom is -0.310 e. The van der Waals surface area contributed by atoms with Gasteiger partial charge >= 0.3 is 0 Å². The van der Waals surface area contributed by atoms with Crippen LogP contribution in [-0.2, 0) is 11.3 Å². The summed E-state index contributed by atoms with van der Waals surface area (Å²) in [7, 11) is 0. The molecule has 1 aliphatic rings. The molecule has 1 atom stereocenters. The topological polar surface area (TPSA) is 46.9 Å². The second-order valence-corrected chi connectivity index (χ2v) is 5.55. The van der Waals surface area contributed by atoms with Gasteiger partial charge in [-0.3, -0.25) is 10.1 Å². The number of carbonyl (C=O) groups is 1. The molecule has 0 bridgehead atoms. The van der Waals surface area contributed by atoms with Crippen molar-refractivity contribution in [3.05, 3.63) is 36.4 Å². The van der Waals surface area contributed by atoms with E-state index in [1.54, 1.807) is 0 Å². The van der Waals surface area contributed by atoms with Crippen LogP contribution < -0.4 is 5.32 Å². The predicted molar refractivity (Wildman–Crippen MR) is 85.1 cm³/mol. The summed E-state index contributed by atoms with van der Waals surface area (Å²) in [6.07, 6.45) is 8.01. The van der Waals surface area contributed by atoms with Gasteiger partial charge in [0.15, 0.2) is 0 Å². The lowest BCUT2D eigenvalue weighted by molar-refractivity contribution is -0.120. The van der Waals surface area contributed by atoms with E-state index in [2.05, 4.69) is 40.0 Å². The first kappa shape index (κ1) is 13.9. The zero-order valence-corrected chi connectivity index (χ0v) is 12.4. The number of carbonyl (C=O) groups excluding carboxylic acids is 1. The number of allylic oxidation sites excluding steroid dienone is 2. The molecular formula is C17H21N3O. The van der Waals surface area contributed by atoms with Crippen LogP contribution in [0.15, 0.2) is 36.4 Å². The van der Waals surface area contributed by atoms with E-state index >= 15 is 0 Å². The van der Waals surface area contributed by atoms with Gasteiger partial charge in [0, 0.05) is 12.5 Å². The molecule has 0 unspecified atom stereocenters. The van der Waals surface area contributed by atoms with Gasteiger partial charge in [0.05, 0.1) is 11.0 Å². The molecule has 0 fully saturated rings. The second kappa shape index (κ2) is 6.12. The highest BCUT2D eigenvalue weighted by Crippen LogP contribution is 2.23. The number of anilines is 1. The summed E-state index contributed by atoms with van der Waals surface area (Å²) < 4.78 is 2.10. The number of aryl methyl sites for hydroxylation is 1. The van der Waals surface area contributed by atoms with Crippen molar-refractivity contribution in [2.45, 2.75) is 39.2 Å². The number of hydrogen-bond acceptors (Lipinski definition) is 2. The molecule has 4 nitrogen and oxygen atoms in total. The molecule has 0 radical (unpaired) electrons. The smallest absolute Gasteiger partial charge is 0.230 e. The molecular weight excluding hydrogens is 262 g/mol. The average Bonchev–Trinajstić information content (AvgIpc) is 2.86. The molecule has 4 heteroatoms. The lowest BCUT2D eigenvalue weighted by Crippen LogP contribution is -2.25. The zero-order chi connectivity index (χ0) is 14.7. The molecule has 21 heavy (non-hydrogen) atoms. The van der Waals surface area contributed by atoms with Crippen molar-refractivity contribution in [2.24, 2.45) is 5.92 Å². The van der Waals surface area contributed by atoms with E-state index in [9.17, 15) is 4.79 Å². The molecule has 2 aromatic rings. The van der Waals surface area contributed by atoms with E-state index in [0.29, 0.717) is 5.95 Å². The highest BCUT2D eigenvalue weighted by Gasteiger charge is 2.21. The van der Waals surface area contributed by atoms with Crippen molar-refractivity contribution in [1.82, 2.24) is 9.55 Å². The summed E-state index contributed by atoms with van der Waals surface area (Å²) in [6.45, 7) is 2.99. The van der Waals surface area contributed by atoms with Crippen molar-refractivity contribution in [3.63, 3.8) is 0 Å². The Kier molecular flexibility index (Phi) is 4.04. The van der Waals surface area contributed by atoms with Crippen LogP contribution in [0.1, 0.15) is 32.6 Å². The van der Waals surface area contributed by atoms with Crippen molar-refractivity contribution in [1.29, 1.82) is 0 Å². The van der Waals surface area contributed by atoms with Crippen molar-refractivity contribution in [2.75, 3.05) is 5.32 Å². The Labute approximate surface area is 124 Å². The van der Waals surface area contributed by atoms with Crippen LogP contribution >= 0.6 is 0 Å². The first-order valence-electron chi connectivity index (χ1n) is 7.70. The van der Waals surface area contributed by atoms with Crippen molar-refractivity contribution in [3.8, 4) is 0 Å². The fraction of sp³-hybridized carbons (Fsp3) is 0.412. The number of rotatable bonds is 4. The number of amides is 1. The standard InChI is InChI=1S/C17H21N3O/c1-2-12-20-15-11-7-6-10-14(15)18-17(20)19-16(21)13-8-4-3-5-9-13/h3-4,6-7,10-11,13H,2,5,8-9,12H2,1H3,(H,18,19,21)/t13-/m0/s1. The molecule has 1 N–H and O–H groups in total. The number of benzene rings is 1. The lowest BCUT2D eigenvalue weighted by atomic mass is 9.94. The maximum atomic E-state index is 12.4.